The summed E-state index contributed by atoms with van der Waals surface area (Å²) in [5.74, 6) is -0.890. The van der Waals surface area contributed by atoms with Crippen molar-refractivity contribution in [2.24, 2.45) is 5.73 Å². The third kappa shape index (κ3) is 4.13. The van der Waals surface area contributed by atoms with Crippen LogP contribution in [-0.2, 0) is 12.7 Å². The van der Waals surface area contributed by atoms with E-state index in [1.165, 1.54) is 12.3 Å². The van der Waals surface area contributed by atoms with Crippen LogP contribution < -0.4 is 16.6 Å². The number of benzene rings is 1. The highest BCUT2D eigenvalue weighted by molar-refractivity contribution is 9.10. The Labute approximate surface area is 141 Å². The molecule has 0 unspecified atom stereocenters. The van der Waals surface area contributed by atoms with E-state index in [2.05, 4.69) is 21.2 Å². The third-order valence-electron chi connectivity index (χ3n) is 3.02. The highest BCUT2D eigenvalue weighted by Crippen LogP contribution is 2.30. The van der Waals surface area contributed by atoms with Gasteiger partial charge >= 0.3 is 12.2 Å². The second-order valence-corrected chi connectivity index (χ2v) is 5.71. The van der Waals surface area contributed by atoms with E-state index in [0.717, 1.165) is 4.57 Å². The number of alkyl halides is 3. The molecule has 10 heteroatoms. The largest absolute Gasteiger partial charge is 0.416 e. The standard InChI is InChI=1S/C14H10BrF4N3O2/c15-9-4-11(21-13(20)24)12(23)22(6-9)5-7-3-8(14(17,18)19)1-2-10(7)16/h1-4,6H,5H2,(H3,20,21,24). The Morgan fingerprint density at radius 1 is 1.29 bits per heavy atom. The molecule has 3 N–H and O–H groups in total. The van der Waals surface area contributed by atoms with Crippen molar-refractivity contribution >= 4 is 27.6 Å². The van der Waals surface area contributed by atoms with Crippen LogP contribution in [0.15, 0.2) is 39.7 Å². The number of anilines is 1. The van der Waals surface area contributed by atoms with Crippen molar-refractivity contribution < 1.29 is 22.4 Å². The Hall–Kier alpha value is -2.36. The van der Waals surface area contributed by atoms with Crippen LogP contribution in [0.4, 0.5) is 28.0 Å². The molecular formula is C14H10BrF4N3O2. The number of carbonyl (C=O) groups is 1. The van der Waals surface area contributed by atoms with Gasteiger partial charge in [-0.15, -0.1) is 0 Å². The van der Waals surface area contributed by atoms with E-state index in [1.54, 1.807) is 0 Å². The molecule has 128 valence electrons. The van der Waals surface area contributed by atoms with Crippen molar-refractivity contribution in [3.05, 3.63) is 62.2 Å². The van der Waals surface area contributed by atoms with E-state index in [0.29, 0.717) is 22.7 Å². The maximum absolute atomic E-state index is 13.8. The highest BCUT2D eigenvalue weighted by atomic mass is 79.9. The van der Waals surface area contributed by atoms with Gasteiger partial charge in [0.2, 0.25) is 0 Å². The van der Waals surface area contributed by atoms with E-state index < -0.39 is 35.7 Å². The van der Waals surface area contributed by atoms with Gasteiger partial charge in [-0.2, -0.15) is 13.2 Å². The summed E-state index contributed by atoms with van der Waals surface area (Å²) in [5.41, 5.74) is 2.65. The van der Waals surface area contributed by atoms with E-state index >= 15 is 0 Å². The molecule has 0 atom stereocenters. The van der Waals surface area contributed by atoms with E-state index in [9.17, 15) is 27.2 Å². The van der Waals surface area contributed by atoms with Gasteiger partial charge in [0, 0.05) is 16.2 Å². The minimum atomic E-state index is -4.64. The zero-order chi connectivity index (χ0) is 18.1. The number of halogens is 5. The van der Waals surface area contributed by atoms with Crippen molar-refractivity contribution in [3.8, 4) is 0 Å². The second kappa shape index (κ2) is 6.63. The fourth-order valence-electron chi connectivity index (χ4n) is 1.99. The Balaban J connectivity index is 2.47. The Kier molecular flexibility index (Phi) is 4.97. The van der Waals surface area contributed by atoms with Gasteiger partial charge < -0.3 is 15.6 Å². The van der Waals surface area contributed by atoms with Crippen LogP contribution in [0.25, 0.3) is 0 Å². The predicted octanol–water partition coefficient (Wildman–Crippen LogP) is 3.31. The molecule has 24 heavy (non-hydrogen) atoms. The van der Waals surface area contributed by atoms with Crippen molar-refractivity contribution in [1.82, 2.24) is 4.57 Å². The molecule has 2 amide bonds. The fraction of sp³-hybridized carbons (Fsp3) is 0.143. The van der Waals surface area contributed by atoms with Gasteiger partial charge in [0.1, 0.15) is 11.5 Å². The van der Waals surface area contributed by atoms with Gasteiger partial charge in [0.25, 0.3) is 5.56 Å². The summed E-state index contributed by atoms with van der Waals surface area (Å²) in [4.78, 5) is 23.1. The first-order valence-electron chi connectivity index (χ1n) is 6.40. The lowest BCUT2D eigenvalue weighted by atomic mass is 10.1. The average Bonchev–Trinajstić information content (AvgIpc) is 2.44. The average molecular weight is 408 g/mol. The molecule has 5 nitrogen and oxygen atoms in total. The molecule has 2 rings (SSSR count). The predicted molar refractivity (Wildman–Crippen MR) is 82.1 cm³/mol. The monoisotopic (exact) mass is 407 g/mol. The van der Waals surface area contributed by atoms with Crippen molar-refractivity contribution in [1.29, 1.82) is 0 Å². The first kappa shape index (κ1) is 18.0. The van der Waals surface area contributed by atoms with Crippen molar-refractivity contribution in [2.45, 2.75) is 12.7 Å². The number of nitrogens with one attached hydrogen (secondary N) is 1. The van der Waals surface area contributed by atoms with E-state index in [4.69, 9.17) is 5.73 Å². The summed E-state index contributed by atoms with van der Waals surface area (Å²) in [6.45, 7) is -0.457. The highest BCUT2D eigenvalue weighted by Gasteiger charge is 2.31. The molecular weight excluding hydrogens is 398 g/mol. The molecule has 1 aromatic carbocycles. The first-order valence-corrected chi connectivity index (χ1v) is 7.19. The summed E-state index contributed by atoms with van der Waals surface area (Å²) in [7, 11) is 0. The molecule has 0 bridgehead atoms. The molecule has 2 aromatic rings. The van der Waals surface area contributed by atoms with E-state index in [1.807, 2.05) is 0 Å². The minimum absolute atomic E-state index is 0.191. The first-order chi connectivity index (χ1) is 11.1. The van der Waals surface area contributed by atoms with E-state index in [-0.39, 0.29) is 11.3 Å². The second-order valence-electron chi connectivity index (χ2n) is 4.80. The number of urea groups is 1. The minimum Gasteiger partial charge on any atom is -0.351 e. The Morgan fingerprint density at radius 3 is 2.54 bits per heavy atom. The zero-order valence-corrected chi connectivity index (χ0v) is 13.4. The SMILES string of the molecule is NC(=O)Nc1cc(Br)cn(Cc2cc(C(F)(F)F)ccc2F)c1=O. The molecule has 0 saturated heterocycles. The van der Waals surface area contributed by atoms with Gasteiger partial charge in [0.15, 0.2) is 0 Å². The maximum atomic E-state index is 13.8. The van der Waals surface area contributed by atoms with Gasteiger partial charge in [-0.3, -0.25) is 4.79 Å². The summed E-state index contributed by atoms with van der Waals surface area (Å²) in [5, 5.41) is 2.09. The molecule has 0 aliphatic carbocycles. The Bertz CT molecular complexity index is 849. The number of nitrogens with two attached hydrogens (primary N) is 1. The molecule has 0 aliphatic rings. The molecule has 0 spiro atoms. The van der Waals surface area contributed by atoms with Crippen LogP contribution in [-0.4, -0.2) is 10.6 Å². The van der Waals surface area contributed by atoms with Gasteiger partial charge in [-0.1, -0.05) is 0 Å². The number of carbonyl (C=O) groups excluding carboxylic acids is 1. The molecule has 0 radical (unpaired) electrons. The number of aromatic nitrogens is 1. The van der Waals surface area contributed by atoms with Crippen LogP contribution in [0, 0.1) is 5.82 Å². The van der Waals surface area contributed by atoms with Crippen LogP contribution in [0.2, 0.25) is 0 Å². The number of hydrogen-bond acceptors (Lipinski definition) is 2. The number of hydrogen-bond donors (Lipinski definition) is 2. The topological polar surface area (TPSA) is 77.1 Å². The molecule has 1 heterocycles. The third-order valence-corrected chi connectivity index (χ3v) is 3.46. The smallest absolute Gasteiger partial charge is 0.351 e. The fourth-order valence-corrected chi connectivity index (χ4v) is 2.47. The molecule has 0 saturated carbocycles. The number of rotatable bonds is 3. The van der Waals surface area contributed by atoms with Crippen molar-refractivity contribution in [3.63, 3.8) is 0 Å². The summed E-state index contributed by atoms with van der Waals surface area (Å²) < 4.78 is 53.3. The van der Waals surface area contributed by atoms with Crippen LogP contribution in [0.5, 0.6) is 0 Å². The van der Waals surface area contributed by atoms with Gasteiger partial charge in [-0.25, -0.2) is 9.18 Å². The number of pyridine rings is 1. The maximum Gasteiger partial charge on any atom is 0.416 e. The summed E-state index contributed by atoms with van der Waals surface area (Å²) in [6, 6.07) is 2.21. The van der Waals surface area contributed by atoms with Crippen molar-refractivity contribution in [2.75, 3.05) is 5.32 Å². The summed E-state index contributed by atoms with van der Waals surface area (Å²) in [6.07, 6.45) is -3.38. The van der Waals surface area contributed by atoms with Gasteiger partial charge in [-0.05, 0) is 40.2 Å². The normalized spacial score (nSPS) is 11.4. The lowest BCUT2D eigenvalue weighted by molar-refractivity contribution is -0.137. The number of nitrogens with zero attached hydrogens (tertiary/aromatic N) is 1. The number of amides is 2. The van der Waals surface area contributed by atoms with Gasteiger partial charge in [0.05, 0.1) is 12.1 Å². The quantitative estimate of drug-likeness (QED) is 0.765. The number of primary amides is 1. The lowest BCUT2D eigenvalue weighted by Crippen LogP contribution is -2.28. The van der Waals surface area contributed by atoms with Crippen LogP contribution in [0.3, 0.4) is 0 Å². The molecule has 0 aliphatic heterocycles. The lowest BCUT2D eigenvalue weighted by Gasteiger charge is -2.13. The van der Waals surface area contributed by atoms with Crippen LogP contribution in [0.1, 0.15) is 11.1 Å². The molecule has 1 aromatic heterocycles. The zero-order valence-electron chi connectivity index (χ0n) is 11.8. The molecule has 0 fully saturated rings. The van der Waals surface area contributed by atoms with Crippen LogP contribution >= 0.6 is 15.9 Å². The Morgan fingerprint density at radius 2 is 1.96 bits per heavy atom. The summed E-state index contributed by atoms with van der Waals surface area (Å²) >= 11 is 3.09.